The van der Waals surface area contributed by atoms with Gasteiger partial charge in [0.25, 0.3) is 0 Å². The molecule has 0 aromatic rings. The molecule has 6 nitrogen and oxygen atoms in total. The molecule has 0 aromatic carbocycles. The fraction of sp³-hybridized carbons (Fsp3) is 0.944. The topological polar surface area (TPSA) is 52.1 Å². The number of hydrogen-bond donors (Lipinski definition) is 2. The van der Waals surface area contributed by atoms with Crippen LogP contribution in [0.2, 0.25) is 0 Å². The first-order valence-electron chi connectivity index (χ1n) is 9.72. The van der Waals surface area contributed by atoms with Crippen LogP contribution in [0.5, 0.6) is 0 Å². The van der Waals surface area contributed by atoms with E-state index in [1.54, 1.807) is 0 Å². The SMILES string of the molecule is CN=C(NCC1CN2CCCC2CO1)NC1CCN(C(C)C)CC1. The van der Waals surface area contributed by atoms with E-state index in [0.29, 0.717) is 18.1 Å². The van der Waals surface area contributed by atoms with E-state index in [1.165, 1.54) is 45.3 Å². The van der Waals surface area contributed by atoms with Crippen LogP contribution in [0.15, 0.2) is 4.99 Å². The molecule has 138 valence electrons. The van der Waals surface area contributed by atoms with E-state index < -0.39 is 0 Å². The van der Waals surface area contributed by atoms with Gasteiger partial charge >= 0.3 is 0 Å². The smallest absolute Gasteiger partial charge is 0.191 e. The van der Waals surface area contributed by atoms with E-state index in [-0.39, 0.29) is 6.10 Å². The van der Waals surface area contributed by atoms with E-state index in [9.17, 15) is 0 Å². The number of likely N-dealkylation sites (tertiary alicyclic amines) is 1. The third-order valence-electron chi connectivity index (χ3n) is 5.78. The number of ether oxygens (including phenoxy) is 1. The zero-order chi connectivity index (χ0) is 16.9. The summed E-state index contributed by atoms with van der Waals surface area (Å²) >= 11 is 0. The van der Waals surface area contributed by atoms with Gasteiger partial charge in [-0.1, -0.05) is 0 Å². The average Bonchev–Trinajstić information content (AvgIpc) is 3.06. The number of aliphatic imine (C=N–C) groups is 1. The van der Waals surface area contributed by atoms with Crippen LogP contribution in [0.4, 0.5) is 0 Å². The average molecular weight is 338 g/mol. The highest BCUT2D eigenvalue weighted by atomic mass is 16.5. The predicted octanol–water partition coefficient (Wildman–Crippen LogP) is 0.887. The van der Waals surface area contributed by atoms with Crippen molar-refractivity contribution in [3.63, 3.8) is 0 Å². The van der Waals surface area contributed by atoms with Gasteiger partial charge in [0.05, 0.1) is 12.7 Å². The summed E-state index contributed by atoms with van der Waals surface area (Å²) in [6, 6.07) is 1.85. The van der Waals surface area contributed by atoms with Crippen molar-refractivity contribution in [2.24, 2.45) is 4.99 Å². The van der Waals surface area contributed by atoms with E-state index in [1.807, 2.05) is 7.05 Å². The van der Waals surface area contributed by atoms with E-state index in [2.05, 4.69) is 39.3 Å². The summed E-state index contributed by atoms with van der Waals surface area (Å²) < 4.78 is 6.02. The summed E-state index contributed by atoms with van der Waals surface area (Å²) in [6.07, 6.45) is 5.29. The molecule has 6 heteroatoms. The van der Waals surface area contributed by atoms with Crippen molar-refractivity contribution in [1.29, 1.82) is 0 Å². The molecule has 0 bridgehead atoms. The summed E-state index contributed by atoms with van der Waals surface area (Å²) in [7, 11) is 1.86. The molecule has 3 aliphatic rings. The molecule has 0 saturated carbocycles. The first-order valence-corrected chi connectivity index (χ1v) is 9.72. The van der Waals surface area contributed by atoms with E-state index >= 15 is 0 Å². The van der Waals surface area contributed by atoms with E-state index in [0.717, 1.165) is 25.7 Å². The van der Waals surface area contributed by atoms with Crippen molar-refractivity contribution in [2.45, 2.75) is 63.8 Å². The Bertz CT molecular complexity index is 420. The summed E-state index contributed by atoms with van der Waals surface area (Å²) in [5.74, 6) is 0.921. The van der Waals surface area contributed by atoms with Crippen molar-refractivity contribution in [1.82, 2.24) is 20.4 Å². The fourth-order valence-electron chi connectivity index (χ4n) is 4.17. The van der Waals surface area contributed by atoms with Crippen molar-refractivity contribution in [3.8, 4) is 0 Å². The number of fused-ring (bicyclic) bond motifs is 1. The molecule has 2 unspecified atom stereocenters. The van der Waals surface area contributed by atoms with Crippen LogP contribution in [-0.4, -0.2) is 86.4 Å². The Kier molecular flexibility index (Phi) is 6.36. The third-order valence-corrected chi connectivity index (χ3v) is 5.78. The lowest BCUT2D eigenvalue weighted by molar-refractivity contribution is -0.0453. The Morgan fingerprint density at radius 1 is 1.21 bits per heavy atom. The van der Waals surface area contributed by atoms with Gasteiger partial charge in [0.2, 0.25) is 0 Å². The first-order chi connectivity index (χ1) is 11.7. The van der Waals surface area contributed by atoms with Crippen LogP contribution in [0.25, 0.3) is 0 Å². The Balaban J connectivity index is 1.38. The van der Waals surface area contributed by atoms with Gasteiger partial charge in [-0.15, -0.1) is 0 Å². The highest BCUT2D eigenvalue weighted by Crippen LogP contribution is 2.22. The van der Waals surface area contributed by atoms with Gasteiger partial charge in [0.15, 0.2) is 5.96 Å². The molecule has 2 N–H and O–H groups in total. The maximum absolute atomic E-state index is 6.02. The monoisotopic (exact) mass is 337 g/mol. The minimum atomic E-state index is 0.278. The van der Waals surface area contributed by atoms with Crippen molar-refractivity contribution in [2.75, 3.05) is 46.4 Å². The molecule has 0 radical (unpaired) electrons. The quantitative estimate of drug-likeness (QED) is 0.589. The number of rotatable bonds is 4. The maximum Gasteiger partial charge on any atom is 0.191 e. The highest BCUT2D eigenvalue weighted by molar-refractivity contribution is 5.80. The number of nitrogens with one attached hydrogen (secondary N) is 2. The standard InChI is InChI=1S/C18H35N5O/c1-14(2)22-9-6-15(7-10-22)21-18(19-3)20-11-17-12-23-8-4-5-16(23)13-24-17/h14-17H,4-13H2,1-3H3,(H2,19,20,21). The second-order valence-electron chi connectivity index (χ2n) is 7.75. The first kappa shape index (κ1) is 18.0. The Morgan fingerprint density at radius 2 is 2.00 bits per heavy atom. The summed E-state index contributed by atoms with van der Waals surface area (Å²) in [6.45, 7) is 10.9. The number of nitrogens with zero attached hydrogens (tertiary/aromatic N) is 3. The molecule has 0 aliphatic carbocycles. The molecule has 0 amide bonds. The van der Waals surface area contributed by atoms with E-state index in [4.69, 9.17) is 4.74 Å². The molecule has 3 aliphatic heterocycles. The minimum Gasteiger partial charge on any atom is -0.373 e. The minimum absolute atomic E-state index is 0.278. The molecular weight excluding hydrogens is 302 g/mol. The van der Waals surface area contributed by atoms with Crippen molar-refractivity contribution < 1.29 is 4.74 Å². The fourth-order valence-corrected chi connectivity index (χ4v) is 4.17. The second-order valence-corrected chi connectivity index (χ2v) is 7.75. The summed E-state index contributed by atoms with van der Waals surface area (Å²) in [5.41, 5.74) is 0. The van der Waals surface area contributed by atoms with Gasteiger partial charge in [-0.3, -0.25) is 9.89 Å². The highest BCUT2D eigenvalue weighted by Gasteiger charge is 2.32. The second kappa shape index (κ2) is 8.50. The molecule has 3 rings (SSSR count). The van der Waals surface area contributed by atoms with Crippen LogP contribution in [0, 0.1) is 0 Å². The Morgan fingerprint density at radius 3 is 2.71 bits per heavy atom. The van der Waals surface area contributed by atoms with Crippen molar-refractivity contribution in [3.05, 3.63) is 0 Å². The van der Waals surface area contributed by atoms with Crippen LogP contribution in [-0.2, 0) is 4.74 Å². The molecular formula is C18H35N5O. The van der Waals surface area contributed by atoms with Gasteiger partial charge in [-0.2, -0.15) is 0 Å². The van der Waals surface area contributed by atoms with Gasteiger partial charge in [-0.05, 0) is 46.1 Å². The Hall–Kier alpha value is -0.850. The molecule has 0 aromatic heterocycles. The summed E-state index contributed by atoms with van der Waals surface area (Å²) in [4.78, 5) is 9.54. The predicted molar refractivity (Wildman–Crippen MR) is 98.6 cm³/mol. The zero-order valence-corrected chi connectivity index (χ0v) is 15.6. The van der Waals surface area contributed by atoms with Crippen molar-refractivity contribution >= 4 is 5.96 Å². The third kappa shape index (κ3) is 4.61. The lowest BCUT2D eigenvalue weighted by Crippen LogP contribution is -2.53. The van der Waals surface area contributed by atoms with Gasteiger partial charge in [0.1, 0.15) is 0 Å². The lowest BCUT2D eigenvalue weighted by Gasteiger charge is -2.36. The van der Waals surface area contributed by atoms with Gasteiger partial charge < -0.3 is 20.3 Å². The number of piperidine rings is 1. The largest absolute Gasteiger partial charge is 0.373 e. The summed E-state index contributed by atoms with van der Waals surface area (Å²) in [5, 5.41) is 7.07. The van der Waals surface area contributed by atoms with Crippen LogP contribution < -0.4 is 10.6 Å². The maximum atomic E-state index is 6.02. The van der Waals surface area contributed by atoms with Gasteiger partial charge in [0, 0.05) is 51.4 Å². The number of hydrogen-bond acceptors (Lipinski definition) is 4. The molecule has 2 atom stereocenters. The van der Waals surface area contributed by atoms with Crippen LogP contribution in [0.1, 0.15) is 39.5 Å². The molecule has 3 heterocycles. The zero-order valence-electron chi connectivity index (χ0n) is 15.6. The van der Waals surface area contributed by atoms with Gasteiger partial charge in [-0.25, -0.2) is 0 Å². The number of morpholine rings is 1. The molecule has 3 fully saturated rings. The van der Waals surface area contributed by atoms with Crippen LogP contribution >= 0.6 is 0 Å². The lowest BCUT2D eigenvalue weighted by atomic mass is 10.0. The normalized spacial score (nSPS) is 30.6. The molecule has 0 spiro atoms. The molecule has 3 saturated heterocycles. The Labute approximate surface area is 147 Å². The van der Waals surface area contributed by atoms with Crippen LogP contribution in [0.3, 0.4) is 0 Å². The number of guanidine groups is 1. The molecule has 24 heavy (non-hydrogen) atoms.